The highest BCUT2D eigenvalue weighted by Crippen LogP contribution is 2.19. The van der Waals surface area contributed by atoms with Gasteiger partial charge in [0.2, 0.25) is 0 Å². The summed E-state index contributed by atoms with van der Waals surface area (Å²) in [5, 5.41) is 14.9. The average Bonchev–Trinajstić information content (AvgIpc) is 2.59. The first-order chi connectivity index (χ1) is 8.49. The van der Waals surface area contributed by atoms with Crippen molar-refractivity contribution < 1.29 is 5.21 Å². The van der Waals surface area contributed by atoms with Crippen LogP contribution >= 0.6 is 0 Å². The van der Waals surface area contributed by atoms with Crippen molar-refractivity contribution in [3.05, 3.63) is 24.0 Å². The van der Waals surface area contributed by atoms with Crippen LogP contribution in [0.2, 0.25) is 0 Å². The lowest BCUT2D eigenvalue weighted by Gasteiger charge is -2.23. The quantitative estimate of drug-likeness (QED) is 0.831. The largest absolute Gasteiger partial charge is 0.295 e. The highest BCUT2D eigenvalue weighted by Gasteiger charge is 2.19. The van der Waals surface area contributed by atoms with E-state index in [1.54, 1.807) is 7.05 Å². The SMILES string of the molecule is C=C(c1cc2n(n1)CCCN(C(C)C)C2)N(C)O. The summed E-state index contributed by atoms with van der Waals surface area (Å²) in [7, 11) is 1.56. The van der Waals surface area contributed by atoms with Crippen LogP contribution in [-0.4, -0.2) is 44.6 Å². The van der Waals surface area contributed by atoms with Crippen molar-refractivity contribution in [2.45, 2.75) is 39.4 Å². The molecule has 0 atom stereocenters. The van der Waals surface area contributed by atoms with Crippen molar-refractivity contribution in [1.29, 1.82) is 0 Å². The number of rotatable bonds is 3. The molecular formula is C13H22N4O. The monoisotopic (exact) mass is 250 g/mol. The number of hydrogen-bond acceptors (Lipinski definition) is 4. The van der Waals surface area contributed by atoms with E-state index in [4.69, 9.17) is 0 Å². The Balaban J connectivity index is 2.23. The Morgan fingerprint density at radius 3 is 2.83 bits per heavy atom. The molecule has 5 heteroatoms. The third-order valence-corrected chi connectivity index (χ3v) is 3.46. The van der Waals surface area contributed by atoms with Gasteiger partial charge in [0, 0.05) is 32.7 Å². The average molecular weight is 250 g/mol. The Bertz CT molecular complexity index is 436. The molecule has 5 nitrogen and oxygen atoms in total. The molecule has 0 aliphatic carbocycles. The molecule has 0 bridgehead atoms. The number of aromatic nitrogens is 2. The van der Waals surface area contributed by atoms with Crippen molar-refractivity contribution in [3.63, 3.8) is 0 Å². The third-order valence-electron chi connectivity index (χ3n) is 3.46. The van der Waals surface area contributed by atoms with Gasteiger partial charge in [-0.2, -0.15) is 5.10 Å². The molecule has 100 valence electrons. The zero-order valence-corrected chi connectivity index (χ0v) is 11.4. The van der Waals surface area contributed by atoms with E-state index >= 15 is 0 Å². The Kier molecular flexibility index (Phi) is 3.73. The normalized spacial score (nSPS) is 16.5. The van der Waals surface area contributed by atoms with Crippen LogP contribution in [-0.2, 0) is 13.1 Å². The molecule has 1 N–H and O–H groups in total. The molecule has 0 saturated carbocycles. The van der Waals surface area contributed by atoms with Crippen LogP contribution in [0.3, 0.4) is 0 Å². The lowest BCUT2D eigenvalue weighted by molar-refractivity contribution is 0.000708. The second-order valence-corrected chi connectivity index (χ2v) is 5.13. The molecule has 0 fully saturated rings. The molecule has 0 saturated heterocycles. The fourth-order valence-corrected chi connectivity index (χ4v) is 2.23. The van der Waals surface area contributed by atoms with E-state index in [1.165, 1.54) is 5.69 Å². The Hall–Kier alpha value is -1.33. The van der Waals surface area contributed by atoms with E-state index in [1.807, 2.05) is 10.7 Å². The van der Waals surface area contributed by atoms with Gasteiger partial charge in [0.15, 0.2) is 0 Å². The first-order valence-corrected chi connectivity index (χ1v) is 6.41. The molecule has 1 aromatic rings. The van der Waals surface area contributed by atoms with Gasteiger partial charge in [-0.25, -0.2) is 0 Å². The fourth-order valence-electron chi connectivity index (χ4n) is 2.23. The maximum absolute atomic E-state index is 9.41. The molecule has 1 aliphatic heterocycles. The van der Waals surface area contributed by atoms with Crippen LogP contribution in [0.1, 0.15) is 31.7 Å². The Labute approximate surface area is 108 Å². The summed E-state index contributed by atoms with van der Waals surface area (Å²) in [6.07, 6.45) is 1.10. The number of hydrogen-bond donors (Lipinski definition) is 1. The summed E-state index contributed by atoms with van der Waals surface area (Å²) in [6, 6.07) is 2.56. The molecule has 2 rings (SSSR count). The van der Waals surface area contributed by atoms with Crippen molar-refractivity contribution in [2.24, 2.45) is 0 Å². The van der Waals surface area contributed by atoms with Crippen molar-refractivity contribution >= 4 is 5.70 Å². The van der Waals surface area contributed by atoms with E-state index < -0.39 is 0 Å². The predicted octanol–water partition coefficient (Wildman–Crippen LogP) is 1.79. The topological polar surface area (TPSA) is 44.5 Å². The van der Waals surface area contributed by atoms with Gasteiger partial charge in [-0.05, 0) is 26.3 Å². The van der Waals surface area contributed by atoms with E-state index in [-0.39, 0.29) is 0 Å². The number of nitrogens with zero attached hydrogens (tertiary/aromatic N) is 4. The van der Waals surface area contributed by atoms with Gasteiger partial charge in [0.05, 0.1) is 11.4 Å². The van der Waals surface area contributed by atoms with E-state index in [0.29, 0.717) is 11.7 Å². The first-order valence-electron chi connectivity index (χ1n) is 6.41. The molecule has 0 aromatic carbocycles. The minimum Gasteiger partial charge on any atom is -0.295 e. The van der Waals surface area contributed by atoms with E-state index in [0.717, 1.165) is 36.8 Å². The van der Waals surface area contributed by atoms with E-state index in [2.05, 4.69) is 30.4 Å². The molecular weight excluding hydrogens is 228 g/mol. The van der Waals surface area contributed by atoms with Crippen LogP contribution in [0, 0.1) is 0 Å². The third kappa shape index (κ3) is 2.57. The minimum absolute atomic E-state index is 0.534. The molecule has 1 aliphatic rings. The fraction of sp³-hybridized carbons (Fsp3) is 0.615. The maximum Gasteiger partial charge on any atom is 0.110 e. The standard InChI is InChI=1S/C13H22N4O/c1-10(2)16-6-5-7-17-12(9-16)8-13(14-17)11(3)15(4)18/h8,10,18H,3,5-7,9H2,1-2,4H3. The van der Waals surface area contributed by atoms with Crippen LogP contribution in [0.5, 0.6) is 0 Å². The molecule has 2 heterocycles. The number of fused-ring (bicyclic) bond motifs is 1. The second kappa shape index (κ2) is 5.12. The minimum atomic E-state index is 0.534. The van der Waals surface area contributed by atoms with Crippen LogP contribution in [0.15, 0.2) is 12.6 Å². The van der Waals surface area contributed by atoms with Crippen LogP contribution in [0.25, 0.3) is 5.70 Å². The summed E-state index contributed by atoms with van der Waals surface area (Å²) in [5.41, 5.74) is 2.48. The van der Waals surface area contributed by atoms with Gasteiger partial charge in [-0.15, -0.1) is 0 Å². The van der Waals surface area contributed by atoms with Crippen LogP contribution in [0.4, 0.5) is 0 Å². The first kappa shape index (κ1) is 13.1. The van der Waals surface area contributed by atoms with Gasteiger partial charge in [-0.3, -0.25) is 19.9 Å². The summed E-state index contributed by atoms with van der Waals surface area (Å²) >= 11 is 0. The Morgan fingerprint density at radius 2 is 2.22 bits per heavy atom. The summed E-state index contributed by atoms with van der Waals surface area (Å²) < 4.78 is 2.03. The van der Waals surface area contributed by atoms with Crippen molar-refractivity contribution in [3.8, 4) is 0 Å². The van der Waals surface area contributed by atoms with Gasteiger partial charge in [0.25, 0.3) is 0 Å². The highest BCUT2D eigenvalue weighted by molar-refractivity contribution is 5.57. The summed E-state index contributed by atoms with van der Waals surface area (Å²) in [6.45, 7) is 11.2. The molecule has 0 radical (unpaired) electrons. The van der Waals surface area contributed by atoms with Crippen molar-refractivity contribution in [2.75, 3.05) is 13.6 Å². The van der Waals surface area contributed by atoms with Crippen LogP contribution < -0.4 is 0 Å². The number of aryl methyl sites for hydroxylation is 1. The van der Waals surface area contributed by atoms with Gasteiger partial charge in [0.1, 0.15) is 5.69 Å². The lowest BCUT2D eigenvalue weighted by Crippen LogP contribution is -2.30. The van der Waals surface area contributed by atoms with Gasteiger partial charge in [-0.1, -0.05) is 6.58 Å². The molecule has 0 spiro atoms. The molecule has 0 unspecified atom stereocenters. The van der Waals surface area contributed by atoms with Crippen molar-refractivity contribution in [1.82, 2.24) is 19.7 Å². The molecule has 1 aromatic heterocycles. The summed E-state index contributed by atoms with van der Waals surface area (Å²) in [4.78, 5) is 2.44. The maximum atomic E-state index is 9.41. The predicted molar refractivity (Wildman–Crippen MR) is 71.0 cm³/mol. The smallest absolute Gasteiger partial charge is 0.110 e. The lowest BCUT2D eigenvalue weighted by atomic mass is 10.2. The van der Waals surface area contributed by atoms with Gasteiger partial charge < -0.3 is 0 Å². The Morgan fingerprint density at radius 1 is 1.50 bits per heavy atom. The molecule has 18 heavy (non-hydrogen) atoms. The molecule has 0 amide bonds. The zero-order chi connectivity index (χ0) is 13.3. The number of hydroxylamine groups is 2. The van der Waals surface area contributed by atoms with Gasteiger partial charge >= 0.3 is 0 Å². The second-order valence-electron chi connectivity index (χ2n) is 5.13. The summed E-state index contributed by atoms with van der Waals surface area (Å²) in [5.74, 6) is 0. The zero-order valence-electron chi connectivity index (χ0n) is 11.4. The van der Waals surface area contributed by atoms with E-state index in [9.17, 15) is 5.21 Å². The highest BCUT2D eigenvalue weighted by atomic mass is 16.5.